The van der Waals surface area contributed by atoms with Gasteiger partial charge in [-0.1, -0.05) is 34.1 Å². The van der Waals surface area contributed by atoms with Crippen LogP contribution in [-0.4, -0.2) is 25.0 Å². The maximum atomic E-state index is 2.44. The molecule has 0 spiro atoms. The lowest BCUT2D eigenvalue weighted by Gasteiger charge is -2.22. The summed E-state index contributed by atoms with van der Waals surface area (Å²) in [5.41, 5.74) is 0. The molecule has 0 heterocycles. The average Bonchev–Trinajstić information content (AvgIpc) is 2.13. The summed E-state index contributed by atoms with van der Waals surface area (Å²) < 4.78 is 0. The van der Waals surface area contributed by atoms with Gasteiger partial charge in [0.1, 0.15) is 0 Å². The molecular formula is C12H27N. The highest BCUT2D eigenvalue weighted by Crippen LogP contribution is 2.17. The first kappa shape index (κ1) is 13.0. The fourth-order valence-electron chi connectivity index (χ4n) is 1.60. The molecule has 0 amide bonds. The molecule has 0 aliphatic heterocycles. The quantitative estimate of drug-likeness (QED) is 0.587. The van der Waals surface area contributed by atoms with E-state index in [0.717, 1.165) is 11.8 Å². The van der Waals surface area contributed by atoms with Gasteiger partial charge >= 0.3 is 0 Å². The van der Waals surface area contributed by atoms with Crippen LogP contribution in [0.1, 0.15) is 47.0 Å². The van der Waals surface area contributed by atoms with Crippen LogP contribution in [0.3, 0.4) is 0 Å². The van der Waals surface area contributed by atoms with E-state index in [1.807, 2.05) is 0 Å². The third-order valence-corrected chi connectivity index (χ3v) is 3.19. The van der Waals surface area contributed by atoms with Gasteiger partial charge in [-0.15, -0.1) is 0 Å². The third kappa shape index (κ3) is 6.09. The van der Waals surface area contributed by atoms with Gasteiger partial charge in [0.15, 0.2) is 0 Å². The normalized spacial score (nSPS) is 16.2. The van der Waals surface area contributed by atoms with E-state index in [0.29, 0.717) is 0 Å². The Morgan fingerprint density at radius 1 is 1.00 bits per heavy atom. The van der Waals surface area contributed by atoms with E-state index in [1.165, 1.54) is 32.4 Å². The minimum Gasteiger partial charge on any atom is -0.306 e. The van der Waals surface area contributed by atoms with Gasteiger partial charge < -0.3 is 4.90 Å². The highest BCUT2D eigenvalue weighted by atomic mass is 15.1. The Balaban J connectivity index is 3.50. The van der Waals surface area contributed by atoms with Gasteiger partial charge in [0.05, 0.1) is 0 Å². The molecular weight excluding hydrogens is 158 g/mol. The number of hydrogen-bond donors (Lipinski definition) is 0. The van der Waals surface area contributed by atoms with Crippen LogP contribution in [0.2, 0.25) is 0 Å². The summed E-state index contributed by atoms with van der Waals surface area (Å²) in [6.07, 6.45) is 3.94. The van der Waals surface area contributed by atoms with Crippen LogP contribution >= 0.6 is 0 Å². The zero-order valence-electron chi connectivity index (χ0n) is 10.1. The van der Waals surface area contributed by atoms with Gasteiger partial charge in [0.25, 0.3) is 0 Å². The van der Waals surface area contributed by atoms with Gasteiger partial charge in [0, 0.05) is 0 Å². The van der Waals surface area contributed by atoms with Gasteiger partial charge in [-0.3, -0.25) is 0 Å². The van der Waals surface area contributed by atoms with Crippen molar-refractivity contribution in [3.8, 4) is 0 Å². The van der Waals surface area contributed by atoms with Crippen molar-refractivity contribution in [1.82, 2.24) is 4.90 Å². The summed E-state index contributed by atoms with van der Waals surface area (Å²) in [6.45, 7) is 11.8. The van der Waals surface area contributed by atoms with Crippen molar-refractivity contribution in [3.05, 3.63) is 0 Å². The molecule has 0 aliphatic carbocycles. The highest BCUT2D eigenvalue weighted by Gasteiger charge is 2.10. The summed E-state index contributed by atoms with van der Waals surface area (Å²) in [6, 6.07) is 0. The summed E-state index contributed by atoms with van der Waals surface area (Å²) in [7, 11) is 2.23. The van der Waals surface area contributed by atoms with Crippen molar-refractivity contribution in [2.75, 3.05) is 20.1 Å². The second-order valence-electron chi connectivity index (χ2n) is 4.45. The first-order valence-electron chi connectivity index (χ1n) is 5.80. The van der Waals surface area contributed by atoms with Crippen molar-refractivity contribution in [1.29, 1.82) is 0 Å². The van der Waals surface area contributed by atoms with E-state index in [4.69, 9.17) is 0 Å². The maximum absolute atomic E-state index is 2.44. The first-order chi connectivity index (χ1) is 6.11. The Labute approximate surface area is 84.5 Å². The molecule has 80 valence electrons. The van der Waals surface area contributed by atoms with Crippen LogP contribution in [0, 0.1) is 11.8 Å². The van der Waals surface area contributed by atoms with Crippen LogP contribution < -0.4 is 0 Å². The molecule has 0 aliphatic rings. The molecule has 0 radical (unpaired) electrons. The van der Waals surface area contributed by atoms with Crippen molar-refractivity contribution in [3.63, 3.8) is 0 Å². The predicted octanol–water partition coefficient (Wildman–Crippen LogP) is 3.40. The SMILES string of the molecule is CCCN(C)CCC(C)C(C)CC. The van der Waals surface area contributed by atoms with Crippen LogP contribution in [0.15, 0.2) is 0 Å². The lowest BCUT2D eigenvalue weighted by atomic mass is 9.91. The van der Waals surface area contributed by atoms with E-state index >= 15 is 0 Å². The Bertz CT molecular complexity index is 112. The second-order valence-corrected chi connectivity index (χ2v) is 4.45. The molecule has 0 aromatic carbocycles. The monoisotopic (exact) mass is 185 g/mol. The predicted molar refractivity (Wildman–Crippen MR) is 61.0 cm³/mol. The van der Waals surface area contributed by atoms with E-state index in [1.54, 1.807) is 0 Å². The highest BCUT2D eigenvalue weighted by molar-refractivity contribution is 4.62. The Kier molecular flexibility index (Phi) is 7.35. The van der Waals surface area contributed by atoms with Crippen molar-refractivity contribution >= 4 is 0 Å². The summed E-state index contributed by atoms with van der Waals surface area (Å²) in [5, 5.41) is 0. The Morgan fingerprint density at radius 3 is 2.08 bits per heavy atom. The topological polar surface area (TPSA) is 3.24 Å². The van der Waals surface area contributed by atoms with E-state index in [2.05, 4.69) is 39.6 Å². The lowest BCUT2D eigenvalue weighted by Crippen LogP contribution is -2.23. The molecule has 0 saturated heterocycles. The van der Waals surface area contributed by atoms with Gasteiger partial charge in [-0.25, -0.2) is 0 Å². The molecule has 0 saturated carbocycles. The molecule has 0 aromatic heterocycles. The van der Waals surface area contributed by atoms with Crippen molar-refractivity contribution < 1.29 is 0 Å². The zero-order valence-corrected chi connectivity index (χ0v) is 10.1. The third-order valence-electron chi connectivity index (χ3n) is 3.19. The van der Waals surface area contributed by atoms with E-state index in [-0.39, 0.29) is 0 Å². The molecule has 2 unspecified atom stereocenters. The van der Waals surface area contributed by atoms with Crippen LogP contribution in [0.4, 0.5) is 0 Å². The van der Waals surface area contributed by atoms with E-state index < -0.39 is 0 Å². The lowest BCUT2D eigenvalue weighted by molar-refractivity contribution is 0.270. The molecule has 1 nitrogen and oxygen atoms in total. The van der Waals surface area contributed by atoms with Gasteiger partial charge in [-0.05, 0) is 44.8 Å². The number of nitrogens with zero attached hydrogens (tertiary/aromatic N) is 1. The summed E-state index contributed by atoms with van der Waals surface area (Å²) in [5.74, 6) is 1.76. The van der Waals surface area contributed by atoms with Gasteiger partial charge in [0.2, 0.25) is 0 Å². The average molecular weight is 185 g/mol. The molecule has 0 fully saturated rings. The molecule has 0 bridgehead atoms. The Morgan fingerprint density at radius 2 is 1.62 bits per heavy atom. The summed E-state index contributed by atoms with van der Waals surface area (Å²) in [4.78, 5) is 2.44. The minimum absolute atomic E-state index is 0.879. The van der Waals surface area contributed by atoms with Crippen molar-refractivity contribution in [2.24, 2.45) is 11.8 Å². The molecule has 13 heavy (non-hydrogen) atoms. The zero-order chi connectivity index (χ0) is 10.3. The van der Waals surface area contributed by atoms with Gasteiger partial charge in [-0.2, -0.15) is 0 Å². The van der Waals surface area contributed by atoms with Crippen LogP contribution in [0.25, 0.3) is 0 Å². The second kappa shape index (κ2) is 7.37. The fraction of sp³-hybridized carbons (Fsp3) is 1.00. The fourth-order valence-corrected chi connectivity index (χ4v) is 1.60. The standard InChI is InChI=1S/C12H27N/c1-6-9-13(5)10-8-12(4)11(3)7-2/h11-12H,6-10H2,1-5H3. The van der Waals surface area contributed by atoms with Crippen LogP contribution in [0.5, 0.6) is 0 Å². The molecule has 0 aromatic rings. The molecule has 0 N–H and O–H groups in total. The minimum atomic E-state index is 0.879. The maximum Gasteiger partial charge on any atom is -0.00192 e. The molecule has 2 atom stereocenters. The Hall–Kier alpha value is -0.0400. The summed E-state index contributed by atoms with van der Waals surface area (Å²) >= 11 is 0. The smallest absolute Gasteiger partial charge is 0.00192 e. The van der Waals surface area contributed by atoms with Crippen molar-refractivity contribution in [2.45, 2.75) is 47.0 Å². The van der Waals surface area contributed by atoms with Crippen LogP contribution in [-0.2, 0) is 0 Å². The largest absolute Gasteiger partial charge is 0.306 e. The molecule has 0 rings (SSSR count). The van der Waals surface area contributed by atoms with E-state index in [9.17, 15) is 0 Å². The first-order valence-corrected chi connectivity index (χ1v) is 5.80. The number of hydrogen-bond acceptors (Lipinski definition) is 1. The molecule has 1 heteroatoms. The number of rotatable bonds is 7.